The minimum Gasteiger partial charge on any atom is -0.311 e. The predicted octanol–water partition coefficient (Wildman–Crippen LogP) is 15.7. The minimum absolute atomic E-state index is 0.152. The summed E-state index contributed by atoms with van der Waals surface area (Å²) in [5.41, 5.74) is 24.4. The lowest BCUT2D eigenvalue weighted by Gasteiger charge is -2.31. The Balaban J connectivity index is 0.985. The molecule has 0 aromatic heterocycles. The molecule has 0 amide bonds. The zero-order valence-electron chi connectivity index (χ0n) is 37.2. The first-order chi connectivity index (χ1) is 32.7. The number of hydrogen-bond acceptors (Lipinski definition) is 2. The van der Waals surface area contributed by atoms with Crippen molar-refractivity contribution in [3.8, 4) is 22.3 Å². The van der Waals surface area contributed by atoms with Crippen LogP contribution in [0, 0.1) is 0 Å². The summed E-state index contributed by atoms with van der Waals surface area (Å²) in [5, 5.41) is 2.74. The lowest BCUT2D eigenvalue weighted by molar-refractivity contribution is 0.563. The Morgan fingerprint density at radius 3 is 1.11 bits per heavy atom. The van der Waals surface area contributed by atoms with Crippen molar-refractivity contribution >= 4 is 33.5 Å². The van der Waals surface area contributed by atoms with Gasteiger partial charge in [-0.2, -0.15) is 0 Å². The van der Waals surface area contributed by atoms with E-state index in [-0.39, 0.29) is 10.8 Å². The average Bonchev–Trinajstić information content (AvgIpc) is 4.11. The number of fused-ring (bicyclic) bond motifs is 15. The summed E-state index contributed by atoms with van der Waals surface area (Å²) in [7, 11) is 0. The molecule has 6 aliphatic rings. The highest BCUT2D eigenvalue weighted by atomic mass is 15.2. The molecule has 2 nitrogen and oxygen atoms in total. The standard InChI is InChI=1S/C64H50N2/c1-5-21-47(22-6-1)65(48-23-7-2-8-24-48)51-29-31-55-59(37-51)63(39-43-17-13-14-18-44(43)40-63)57-35-33-54-53(61(55)57)34-36-58-62(54)56-32-30-52(38-60(56)64(58)41-45-19-15-16-20-46(45)42-64)66(49-25-9-3-10-26-49)50-27-11-4-12-28-50/h1,3,5-7,9-11,13-38H,2,4,8,12,39-42H2. The molecule has 8 aromatic rings. The van der Waals surface area contributed by atoms with Gasteiger partial charge in [-0.05, 0) is 190 Å². The molecule has 2 spiro atoms. The van der Waals surface area contributed by atoms with Gasteiger partial charge in [0.25, 0.3) is 0 Å². The van der Waals surface area contributed by atoms with Gasteiger partial charge in [-0.3, -0.25) is 0 Å². The largest absolute Gasteiger partial charge is 0.311 e. The Labute approximate surface area is 388 Å². The normalized spacial score (nSPS) is 17.2. The van der Waals surface area contributed by atoms with Crippen molar-refractivity contribution in [1.82, 2.24) is 0 Å². The summed E-state index contributed by atoms with van der Waals surface area (Å²) in [5.74, 6) is 0. The summed E-state index contributed by atoms with van der Waals surface area (Å²) in [4.78, 5) is 4.95. The Hall–Kier alpha value is -7.42. The van der Waals surface area contributed by atoms with Crippen LogP contribution in [0.15, 0.2) is 218 Å². The highest BCUT2D eigenvalue weighted by Crippen LogP contribution is 2.62. The second-order valence-corrected chi connectivity index (χ2v) is 19.5. The van der Waals surface area contributed by atoms with E-state index in [0.717, 1.165) is 51.4 Å². The van der Waals surface area contributed by atoms with Crippen LogP contribution in [-0.4, -0.2) is 0 Å². The minimum atomic E-state index is -0.152. The Morgan fingerprint density at radius 2 is 0.727 bits per heavy atom. The lowest BCUT2D eigenvalue weighted by Crippen LogP contribution is -2.26. The molecule has 66 heavy (non-hydrogen) atoms. The molecule has 316 valence electrons. The van der Waals surface area contributed by atoms with Gasteiger partial charge in [-0.15, -0.1) is 0 Å². The van der Waals surface area contributed by atoms with Crippen molar-refractivity contribution in [3.05, 3.63) is 262 Å². The van der Waals surface area contributed by atoms with E-state index in [1.54, 1.807) is 0 Å². The zero-order valence-corrected chi connectivity index (χ0v) is 37.2. The zero-order chi connectivity index (χ0) is 43.4. The second-order valence-electron chi connectivity index (χ2n) is 19.5. The van der Waals surface area contributed by atoms with Gasteiger partial charge in [0, 0.05) is 45.0 Å². The first-order valence-corrected chi connectivity index (χ1v) is 24.1. The summed E-state index contributed by atoms with van der Waals surface area (Å²) in [6, 6.07) is 65.3. The highest BCUT2D eigenvalue weighted by Gasteiger charge is 2.50. The van der Waals surface area contributed by atoms with Crippen LogP contribution in [0.3, 0.4) is 0 Å². The van der Waals surface area contributed by atoms with Crippen molar-refractivity contribution in [2.24, 2.45) is 0 Å². The van der Waals surface area contributed by atoms with Crippen LogP contribution < -0.4 is 9.80 Å². The van der Waals surface area contributed by atoms with Gasteiger partial charge in [-0.1, -0.05) is 146 Å². The molecule has 2 heteroatoms. The van der Waals surface area contributed by atoms with E-state index in [1.807, 2.05) is 0 Å². The van der Waals surface area contributed by atoms with Gasteiger partial charge in [0.2, 0.25) is 0 Å². The fourth-order valence-corrected chi connectivity index (χ4v) is 13.2. The van der Waals surface area contributed by atoms with Crippen LogP contribution in [0.4, 0.5) is 22.7 Å². The number of rotatable bonds is 6. The molecule has 0 aliphatic heterocycles. The van der Waals surface area contributed by atoms with E-state index >= 15 is 0 Å². The van der Waals surface area contributed by atoms with Crippen molar-refractivity contribution in [1.29, 1.82) is 0 Å². The number of allylic oxidation sites excluding steroid dienone is 6. The van der Waals surface area contributed by atoms with Crippen molar-refractivity contribution in [3.63, 3.8) is 0 Å². The number of nitrogens with zero attached hydrogens (tertiary/aromatic N) is 2. The molecule has 8 aromatic carbocycles. The fourth-order valence-electron chi connectivity index (χ4n) is 13.2. The number of benzene rings is 8. The van der Waals surface area contributed by atoms with Gasteiger partial charge >= 0.3 is 0 Å². The van der Waals surface area contributed by atoms with Crippen LogP contribution in [0.1, 0.15) is 70.2 Å². The predicted molar refractivity (Wildman–Crippen MR) is 274 cm³/mol. The molecule has 0 bridgehead atoms. The first kappa shape index (κ1) is 37.9. The van der Waals surface area contributed by atoms with Crippen molar-refractivity contribution < 1.29 is 0 Å². The highest BCUT2D eigenvalue weighted by molar-refractivity contribution is 6.11. The molecule has 0 unspecified atom stereocenters. The van der Waals surface area contributed by atoms with Gasteiger partial charge in [0.05, 0.1) is 0 Å². The molecular formula is C64H50N2. The summed E-state index contributed by atoms with van der Waals surface area (Å²) in [6.07, 6.45) is 22.4. The molecule has 0 saturated carbocycles. The summed E-state index contributed by atoms with van der Waals surface area (Å²) < 4.78 is 0. The molecule has 14 rings (SSSR count). The molecule has 0 saturated heterocycles. The maximum absolute atomic E-state index is 2.56. The third kappa shape index (κ3) is 5.48. The van der Waals surface area contributed by atoms with Gasteiger partial charge in [0.1, 0.15) is 0 Å². The lowest BCUT2D eigenvalue weighted by atomic mass is 9.74. The van der Waals surface area contributed by atoms with Crippen molar-refractivity contribution in [2.75, 3.05) is 9.80 Å². The molecule has 0 radical (unpaired) electrons. The average molecular weight is 847 g/mol. The molecular weight excluding hydrogens is 797 g/mol. The third-order valence-corrected chi connectivity index (χ3v) is 16.0. The first-order valence-electron chi connectivity index (χ1n) is 24.1. The fraction of sp³-hybridized carbons (Fsp3) is 0.156. The SMILES string of the molecule is C1=CC(N(c2ccccc2)c2ccc3c(c2)C2(Cc4ccccc4C2)c2ccc4c5c(ccc4c2-3)C2(Cc3ccccc3C2)c2cc(N(C3=CCCC=C3)c3ccccc3)ccc2-5)=CCC1. The van der Waals surface area contributed by atoms with Crippen LogP contribution >= 0.6 is 0 Å². The van der Waals surface area contributed by atoms with Crippen LogP contribution in [0.25, 0.3) is 33.0 Å². The molecule has 0 N–H and O–H groups in total. The van der Waals surface area contributed by atoms with E-state index in [1.165, 1.54) is 112 Å². The van der Waals surface area contributed by atoms with E-state index in [2.05, 4.69) is 216 Å². The number of anilines is 4. The quantitative estimate of drug-likeness (QED) is 0.164. The van der Waals surface area contributed by atoms with Crippen LogP contribution in [0.2, 0.25) is 0 Å². The topological polar surface area (TPSA) is 6.48 Å². The van der Waals surface area contributed by atoms with Gasteiger partial charge in [0.15, 0.2) is 0 Å². The Bertz CT molecular complexity index is 3160. The van der Waals surface area contributed by atoms with Crippen LogP contribution in [0.5, 0.6) is 0 Å². The smallest absolute Gasteiger partial charge is 0.0464 e. The summed E-state index contributed by atoms with van der Waals surface area (Å²) >= 11 is 0. The monoisotopic (exact) mass is 846 g/mol. The Kier molecular flexibility index (Phi) is 8.35. The third-order valence-electron chi connectivity index (χ3n) is 16.0. The van der Waals surface area contributed by atoms with E-state index in [4.69, 9.17) is 0 Å². The number of hydrogen-bond donors (Lipinski definition) is 0. The van der Waals surface area contributed by atoms with Crippen LogP contribution in [-0.2, 0) is 36.5 Å². The van der Waals surface area contributed by atoms with Gasteiger partial charge in [-0.25, -0.2) is 0 Å². The maximum atomic E-state index is 2.56. The van der Waals surface area contributed by atoms with Crippen molar-refractivity contribution in [2.45, 2.75) is 62.2 Å². The molecule has 0 atom stereocenters. The molecule has 0 fully saturated rings. The van der Waals surface area contributed by atoms with E-state index < -0.39 is 0 Å². The second kappa shape index (κ2) is 14.5. The Morgan fingerprint density at radius 1 is 0.333 bits per heavy atom. The van der Waals surface area contributed by atoms with Gasteiger partial charge < -0.3 is 9.80 Å². The molecule has 6 aliphatic carbocycles. The van der Waals surface area contributed by atoms with E-state index in [0.29, 0.717) is 0 Å². The molecule has 0 heterocycles. The number of para-hydroxylation sites is 2. The summed E-state index contributed by atoms with van der Waals surface area (Å²) in [6.45, 7) is 0. The van der Waals surface area contributed by atoms with E-state index in [9.17, 15) is 0 Å². The maximum Gasteiger partial charge on any atom is 0.0464 e.